The molecule has 0 unspecified atom stereocenters. The van der Waals surface area contributed by atoms with Gasteiger partial charge in [-0.2, -0.15) is 0 Å². The van der Waals surface area contributed by atoms with Crippen molar-refractivity contribution in [2.75, 3.05) is 13.2 Å². The first-order valence-electron chi connectivity index (χ1n) is 8.88. The maximum atomic E-state index is 12.9. The molecule has 2 amide bonds. The van der Waals surface area contributed by atoms with Crippen LogP contribution in [0.4, 0.5) is 0 Å². The van der Waals surface area contributed by atoms with Crippen molar-refractivity contribution in [1.82, 2.24) is 4.90 Å². The highest BCUT2D eigenvalue weighted by Gasteiger charge is 2.40. The quantitative estimate of drug-likeness (QED) is 0.638. The van der Waals surface area contributed by atoms with Gasteiger partial charge in [0, 0.05) is 9.75 Å². The Morgan fingerprint density at radius 2 is 1.67 bits per heavy atom. The Balaban J connectivity index is 2.15. The molecule has 5 heteroatoms. The molecule has 0 spiro atoms. The number of aliphatic hydroxyl groups excluding tert-OH is 1. The molecule has 1 N–H and O–H groups in total. The van der Waals surface area contributed by atoms with Crippen molar-refractivity contribution in [2.24, 2.45) is 0 Å². The molecule has 140 valence electrons. The number of nitrogens with zero attached hydrogens (tertiary/aromatic N) is 1. The van der Waals surface area contributed by atoms with E-state index >= 15 is 0 Å². The number of carbonyl (C=O) groups is 2. The monoisotopic (exact) mass is 381 g/mol. The summed E-state index contributed by atoms with van der Waals surface area (Å²) in [6, 6.07) is 12.2. The van der Waals surface area contributed by atoms with Crippen molar-refractivity contribution in [3.63, 3.8) is 0 Å². The number of β-amino-alcohol motifs (C(OH)–C–C–N with tert-alkyl or cyclic N) is 1. The van der Waals surface area contributed by atoms with Crippen molar-refractivity contribution in [3.8, 4) is 10.4 Å². The Morgan fingerprint density at radius 3 is 2.26 bits per heavy atom. The van der Waals surface area contributed by atoms with E-state index < -0.39 is 0 Å². The zero-order chi connectivity index (χ0) is 19.7. The predicted molar refractivity (Wildman–Crippen MR) is 109 cm³/mol. The molecule has 2 aromatic rings. The van der Waals surface area contributed by atoms with E-state index in [0.29, 0.717) is 11.1 Å². The van der Waals surface area contributed by atoms with Crippen LogP contribution in [0.25, 0.3) is 16.0 Å². The number of hydrogen-bond acceptors (Lipinski definition) is 4. The van der Waals surface area contributed by atoms with E-state index in [4.69, 9.17) is 0 Å². The highest BCUT2D eigenvalue weighted by molar-refractivity contribution is 7.15. The molecule has 1 saturated heterocycles. The smallest absolute Gasteiger partial charge is 0.261 e. The normalized spacial score (nSPS) is 16.3. The molecule has 1 aliphatic rings. The summed E-state index contributed by atoms with van der Waals surface area (Å²) in [5.41, 5.74) is 4.64. The third-order valence-electron chi connectivity index (χ3n) is 4.75. The van der Waals surface area contributed by atoms with Crippen LogP contribution in [0.1, 0.15) is 31.2 Å². The van der Waals surface area contributed by atoms with Gasteiger partial charge in [-0.3, -0.25) is 14.5 Å². The Morgan fingerprint density at radius 1 is 1.04 bits per heavy atom. The van der Waals surface area contributed by atoms with Crippen molar-refractivity contribution in [1.29, 1.82) is 0 Å². The Labute approximate surface area is 163 Å². The minimum absolute atomic E-state index is 0.0170. The van der Waals surface area contributed by atoms with Crippen molar-refractivity contribution >= 4 is 28.7 Å². The van der Waals surface area contributed by atoms with Gasteiger partial charge >= 0.3 is 0 Å². The lowest BCUT2D eigenvalue weighted by molar-refractivity contribution is -0.137. The van der Waals surface area contributed by atoms with Gasteiger partial charge in [-0.05, 0) is 50.5 Å². The highest BCUT2D eigenvalue weighted by Crippen LogP contribution is 2.39. The Hall–Kier alpha value is -2.50. The molecule has 0 saturated carbocycles. The van der Waals surface area contributed by atoms with Crippen molar-refractivity contribution in [3.05, 3.63) is 63.6 Å². The third-order valence-corrected chi connectivity index (χ3v) is 5.85. The highest BCUT2D eigenvalue weighted by atomic mass is 32.1. The van der Waals surface area contributed by atoms with Crippen molar-refractivity contribution in [2.45, 2.75) is 27.7 Å². The maximum absolute atomic E-state index is 12.9. The fourth-order valence-electron chi connectivity index (χ4n) is 3.42. The summed E-state index contributed by atoms with van der Waals surface area (Å²) >= 11 is 1.68. The number of carbonyl (C=O) groups excluding carboxylic acids is 2. The molecule has 1 aliphatic heterocycles. The van der Waals surface area contributed by atoms with Crippen LogP contribution in [0.15, 0.2) is 53.1 Å². The Kier molecular flexibility index (Phi) is 5.44. The molecule has 0 radical (unpaired) electrons. The summed E-state index contributed by atoms with van der Waals surface area (Å²) in [6.07, 6.45) is 0. The number of benzene rings is 1. The zero-order valence-corrected chi connectivity index (χ0v) is 16.8. The number of thiophene rings is 1. The number of hydrogen-bond donors (Lipinski definition) is 1. The molecule has 0 bridgehead atoms. The van der Waals surface area contributed by atoms with Crippen LogP contribution < -0.4 is 0 Å². The number of imide groups is 1. The van der Waals surface area contributed by atoms with Crippen LogP contribution >= 0.6 is 11.3 Å². The number of allylic oxidation sites excluding steroid dienone is 2. The van der Waals surface area contributed by atoms with E-state index in [1.807, 2.05) is 45.9 Å². The zero-order valence-electron chi connectivity index (χ0n) is 16.0. The van der Waals surface area contributed by atoms with Gasteiger partial charge in [-0.1, -0.05) is 35.9 Å². The fourth-order valence-corrected chi connectivity index (χ4v) is 4.51. The van der Waals surface area contributed by atoms with Crippen LogP contribution in [-0.2, 0) is 9.59 Å². The first-order chi connectivity index (χ1) is 12.9. The standard InChI is InChI=1S/C22H23NO3S/c1-13(2)19-20(22(26)23(10-11-24)21(19)25)14(3)17-12-18(27-15(17)4)16-8-6-5-7-9-16/h5-9,12,24H,10-11H2,1-4H3/b20-14+. The second-order valence-corrected chi connectivity index (χ2v) is 8.06. The van der Waals surface area contributed by atoms with E-state index in [2.05, 4.69) is 18.2 Å². The average molecular weight is 381 g/mol. The van der Waals surface area contributed by atoms with Gasteiger partial charge in [0.2, 0.25) is 0 Å². The molecule has 0 aliphatic carbocycles. The molecule has 1 fully saturated rings. The number of amides is 2. The van der Waals surface area contributed by atoms with Gasteiger partial charge in [0.1, 0.15) is 0 Å². The largest absolute Gasteiger partial charge is 0.395 e. The van der Waals surface area contributed by atoms with E-state index in [1.165, 1.54) is 0 Å². The molecule has 1 aromatic heterocycles. The number of aliphatic hydroxyl groups is 1. The first kappa shape index (κ1) is 19.3. The van der Waals surface area contributed by atoms with Gasteiger partial charge < -0.3 is 5.11 Å². The number of aryl methyl sites for hydroxylation is 1. The van der Waals surface area contributed by atoms with Crippen LogP contribution in [0.2, 0.25) is 0 Å². The van der Waals surface area contributed by atoms with Gasteiger partial charge in [0.05, 0.1) is 24.3 Å². The third kappa shape index (κ3) is 3.40. The second kappa shape index (κ2) is 7.62. The fraction of sp³-hybridized carbons (Fsp3) is 0.273. The molecular weight excluding hydrogens is 358 g/mol. The number of likely N-dealkylation sites (tertiary alicyclic amines) is 1. The molecule has 27 heavy (non-hydrogen) atoms. The van der Waals surface area contributed by atoms with Crippen LogP contribution in [0.5, 0.6) is 0 Å². The van der Waals surface area contributed by atoms with E-state index in [-0.39, 0.29) is 25.0 Å². The molecule has 3 rings (SSSR count). The summed E-state index contributed by atoms with van der Waals surface area (Å²) in [5, 5.41) is 9.23. The van der Waals surface area contributed by atoms with Gasteiger partial charge in [0.15, 0.2) is 0 Å². The van der Waals surface area contributed by atoms with E-state index in [0.717, 1.165) is 36.9 Å². The topological polar surface area (TPSA) is 57.6 Å². The van der Waals surface area contributed by atoms with E-state index in [1.54, 1.807) is 11.3 Å². The molecule has 4 nitrogen and oxygen atoms in total. The van der Waals surface area contributed by atoms with Gasteiger partial charge in [0.25, 0.3) is 11.8 Å². The summed E-state index contributed by atoms with van der Waals surface area (Å²) in [7, 11) is 0. The summed E-state index contributed by atoms with van der Waals surface area (Å²) in [4.78, 5) is 29.0. The van der Waals surface area contributed by atoms with Crippen molar-refractivity contribution < 1.29 is 14.7 Å². The summed E-state index contributed by atoms with van der Waals surface area (Å²) in [6.45, 7) is 7.39. The predicted octanol–water partition coefficient (Wildman–Crippen LogP) is 4.19. The lowest BCUT2D eigenvalue weighted by Crippen LogP contribution is -2.32. The minimum Gasteiger partial charge on any atom is -0.395 e. The van der Waals surface area contributed by atoms with Gasteiger partial charge in [-0.25, -0.2) is 0 Å². The van der Waals surface area contributed by atoms with Crippen LogP contribution in [0.3, 0.4) is 0 Å². The van der Waals surface area contributed by atoms with E-state index in [9.17, 15) is 14.7 Å². The van der Waals surface area contributed by atoms with Crippen LogP contribution in [-0.4, -0.2) is 35.0 Å². The van der Waals surface area contributed by atoms with Gasteiger partial charge in [-0.15, -0.1) is 11.3 Å². The van der Waals surface area contributed by atoms with Crippen LogP contribution in [0, 0.1) is 6.92 Å². The minimum atomic E-state index is -0.324. The second-order valence-electron chi connectivity index (χ2n) is 6.81. The lowest BCUT2D eigenvalue weighted by atomic mass is 9.95. The first-order valence-corrected chi connectivity index (χ1v) is 9.70. The Bertz CT molecular complexity index is 963. The molecule has 2 heterocycles. The lowest BCUT2D eigenvalue weighted by Gasteiger charge is -2.10. The summed E-state index contributed by atoms with van der Waals surface area (Å²) in [5.74, 6) is -0.644. The SMILES string of the molecule is CC(C)=C1C(=O)N(CCO)C(=O)/C1=C(\C)c1cc(-c2ccccc2)sc1C. The maximum Gasteiger partial charge on any atom is 0.261 e. The molecule has 1 aromatic carbocycles. The molecular formula is C22H23NO3S. The average Bonchev–Trinajstić information content (AvgIpc) is 3.15. The summed E-state index contributed by atoms with van der Waals surface area (Å²) < 4.78 is 0. The number of rotatable bonds is 4. The molecule has 0 atom stereocenters.